The number of rotatable bonds is 2. The summed E-state index contributed by atoms with van der Waals surface area (Å²) in [7, 11) is 1.74. The number of amides is 1. The fourth-order valence-electron chi connectivity index (χ4n) is 0.312. The number of halogens is 1. The van der Waals surface area contributed by atoms with Gasteiger partial charge in [-0.25, -0.2) is 0 Å². The van der Waals surface area contributed by atoms with Crippen LogP contribution < -0.4 is 0 Å². The van der Waals surface area contributed by atoms with Gasteiger partial charge in [0.1, 0.15) is 0 Å². The monoisotopic (exact) mass is 149 g/mol. The molecule has 0 atom stereocenters. The summed E-state index contributed by atoms with van der Waals surface area (Å²) < 4.78 is 0. The Morgan fingerprint density at radius 1 is 1.78 bits per heavy atom. The van der Waals surface area contributed by atoms with Crippen LogP contribution in [0.4, 0.5) is 0 Å². The number of carbonyl (C=O) groups excluding carboxylic acids is 1. The van der Waals surface area contributed by atoms with E-state index < -0.39 is 0 Å². The lowest BCUT2D eigenvalue weighted by Gasteiger charge is -2.09. The number of hydrogen-bond donors (Lipinski definition) is 0. The van der Waals surface area contributed by atoms with Crippen molar-refractivity contribution < 1.29 is 4.79 Å². The van der Waals surface area contributed by atoms with E-state index in [4.69, 9.17) is 0 Å². The van der Waals surface area contributed by atoms with Crippen molar-refractivity contribution in [2.45, 2.75) is 6.92 Å². The molecule has 9 heavy (non-hydrogen) atoms. The van der Waals surface area contributed by atoms with Crippen LogP contribution in [0, 0.1) is 0 Å². The fraction of sp³-hybridized carbons (Fsp3) is 0.500. The fourth-order valence-corrected chi connectivity index (χ4v) is 0.312. The zero-order valence-corrected chi connectivity index (χ0v) is 6.57. The third-order valence-corrected chi connectivity index (χ3v) is 1.03. The molecule has 54 valence electrons. The molecule has 0 saturated carbocycles. The first-order valence-corrected chi connectivity index (χ1v) is 2.60. The molecule has 0 radical (unpaired) electrons. The first kappa shape index (κ1) is 11.3. The van der Waals surface area contributed by atoms with Crippen molar-refractivity contribution in [2.24, 2.45) is 0 Å². The van der Waals surface area contributed by atoms with Gasteiger partial charge in [0.05, 0.1) is 0 Å². The van der Waals surface area contributed by atoms with Crippen molar-refractivity contribution >= 4 is 18.3 Å². The lowest BCUT2D eigenvalue weighted by atomic mass is 10.5. The summed E-state index contributed by atoms with van der Waals surface area (Å²) >= 11 is 0. The highest BCUT2D eigenvalue weighted by Crippen LogP contribution is 1.81. The van der Waals surface area contributed by atoms with E-state index in [1.165, 1.54) is 6.08 Å². The Hall–Kier alpha value is -0.500. The average Bonchev–Trinajstić information content (AvgIpc) is 1.84. The van der Waals surface area contributed by atoms with Crippen molar-refractivity contribution in [3.8, 4) is 0 Å². The van der Waals surface area contributed by atoms with Gasteiger partial charge in [-0.05, 0) is 13.0 Å². The van der Waals surface area contributed by atoms with Crippen LogP contribution in [0.5, 0.6) is 0 Å². The largest absolute Gasteiger partial charge is 0.343 e. The molecule has 0 bridgehead atoms. The standard InChI is InChI=1S/C6H11NO.ClH/c1-4-6(8)7(3)5-2;/h4H,1,5H2,2-3H3;1H. The van der Waals surface area contributed by atoms with Crippen LogP contribution in [0.15, 0.2) is 12.7 Å². The molecule has 0 aromatic heterocycles. The molecule has 0 saturated heterocycles. The highest BCUT2D eigenvalue weighted by molar-refractivity contribution is 5.86. The second-order valence-electron chi connectivity index (χ2n) is 1.56. The first-order chi connectivity index (χ1) is 3.72. The van der Waals surface area contributed by atoms with Gasteiger partial charge in [0, 0.05) is 13.6 Å². The molecule has 0 heterocycles. The van der Waals surface area contributed by atoms with Gasteiger partial charge in [-0.15, -0.1) is 12.4 Å². The highest BCUT2D eigenvalue weighted by atomic mass is 35.5. The van der Waals surface area contributed by atoms with Gasteiger partial charge in [0.25, 0.3) is 0 Å². The smallest absolute Gasteiger partial charge is 0.245 e. The predicted octanol–water partition coefficient (Wildman–Crippen LogP) is 1.07. The Balaban J connectivity index is 0. The Morgan fingerprint density at radius 3 is 2.33 bits per heavy atom. The molecule has 0 fully saturated rings. The van der Waals surface area contributed by atoms with Crippen molar-refractivity contribution in [1.29, 1.82) is 0 Å². The van der Waals surface area contributed by atoms with Gasteiger partial charge < -0.3 is 4.90 Å². The summed E-state index contributed by atoms with van der Waals surface area (Å²) in [6, 6.07) is 0. The maximum atomic E-state index is 10.6. The second-order valence-corrected chi connectivity index (χ2v) is 1.56. The molecule has 0 aliphatic carbocycles. The van der Waals surface area contributed by atoms with Gasteiger partial charge in [0.2, 0.25) is 5.91 Å². The summed E-state index contributed by atoms with van der Waals surface area (Å²) in [6.07, 6.45) is 1.31. The summed E-state index contributed by atoms with van der Waals surface area (Å²) in [6.45, 7) is 6.00. The molecule has 1 amide bonds. The van der Waals surface area contributed by atoms with Crippen molar-refractivity contribution in [3.63, 3.8) is 0 Å². The molecule has 0 aliphatic rings. The summed E-state index contributed by atoms with van der Waals surface area (Å²) in [5, 5.41) is 0. The SMILES string of the molecule is C=CC(=O)N(C)CC.Cl. The Morgan fingerprint density at radius 2 is 2.22 bits per heavy atom. The van der Waals surface area contributed by atoms with Gasteiger partial charge in [-0.3, -0.25) is 4.79 Å². The van der Waals surface area contributed by atoms with E-state index in [0.29, 0.717) is 0 Å². The third-order valence-electron chi connectivity index (χ3n) is 1.03. The zero-order chi connectivity index (χ0) is 6.57. The molecular formula is C6H12ClNO. The lowest BCUT2D eigenvalue weighted by molar-refractivity contribution is -0.124. The van der Waals surface area contributed by atoms with Crippen molar-refractivity contribution in [1.82, 2.24) is 4.90 Å². The molecule has 0 N–H and O–H groups in total. The van der Waals surface area contributed by atoms with Crippen molar-refractivity contribution in [2.75, 3.05) is 13.6 Å². The minimum absolute atomic E-state index is 0. The van der Waals surface area contributed by atoms with Crippen LogP contribution in [0.3, 0.4) is 0 Å². The molecule has 3 heteroatoms. The average molecular weight is 150 g/mol. The molecule has 2 nitrogen and oxygen atoms in total. The molecule has 0 unspecified atom stereocenters. The van der Waals surface area contributed by atoms with E-state index in [9.17, 15) is 4.79 Å². The Bertz CT molecular complexity index is 103. The van der Waals surface area contributed by atoms with Gasteiger partial charge in [-0.2, -0.15) is 0 Å². The molecule has 0 rings (SSSR count). The summed E-state index contributed by atoms with van der Waals surface area (Å²) in [5.74, 6) is -0.0208. The molecule has 0 spiro atoms. The maximum Gasteiger partial charge on any atom is 0.245 e. The van der Waals surface area contributed by atoms with E-state index in [-0.39, 0.29) is 18.3 Å². The number of hydrogen-bond acceptors (Lipinski definition) is 1. The van der Waals surface area contributed by atoms with Crippen LogP contribution >= 0.6 is 12.4 Å². The number of carbonyl (C=O) groups is 1. The van der Waals surface area contributed by atoms with E-state index in [0.717, 1.165) is 6.54 Å². The van der Waals surface area contributed by atoms with E-state index in [1.807, 2.05) is 6.92 Å². The molecular weight excluding hydrogens is 138 g/mol. The van der Waals surface area contributed by atoms with Gasteiger partial charge in [0.15, 0.2) is 0 Å². The van der Waals surface area contributed by atoms with E-state index >= 15 is 0 Å². The molecule has 0 aromatic carbocycles. The summed E-state index contributed by atoms with van der Waals surface area (Å²) in [5.41, 5.74) is 0. The highest BCUT2D eigenvalue weighted by Gasteiger charge is 1.96. The quantitative estimate of drug-likeness (QED) is 0.538. The van der Waals surface area contributed by atoms with Gasteiger partial charge in [-0.1, -0.05) is 6.58 Å². The maximum absolute atomic E-state index is 10.6. The Kier molecular flexibility index (Phi) is 7.08. The van der Waals surface area contributed by atoms with Crippen LogP contribution in [-0.4, -0.2) is 24.4 Å². The zero-order valence-electron chi connectivity index (χ0n) is 5.76. The van der Waals surface area contributed by atoms with Gasteiger partial charge >= 0.3 is 0 Å². The molecule has 0 aromatic rings. The first-order valence-electron chi connectivity index (χ1n) is 2.60. The van der Waals surface area contributed by atoms with Crippen LogP contribution in [0.1, 0.15) is 6.92 Å². The lowest BCUT2D eigenvalue weighted by Crippen LogP contribution is -2.23. The normalized spacial score (nSPS) is 7.33. The second kappa shape index (κ2) is 5.63. The van der Waals surface area contributed by atoms with E-state index in [1.54, 1.807) is 11.9 Å². The Labute approximate surface area is 61.9 Å². The number of nitrogens with zero attached hydrogens (tertiary/aromatic N) is 1. The molecule has 0 aliphatic heterocycles. The third kappa shape index (κ3) is 4.03. The number of likely N-dealkylation sites (N-methyl/N-ethyl adjacent to an activating group) is 1. The van der Waals surface area contributed by atoms with Crippen LogP contribution in [0.2, 0.25) is 0 Å². The summed E-state index contributed by atoms with van der Waals surface area (Å²) in [4.78, 5) is 12.1. The van der Waals surface area contributed by atoms with E-state index in [2.05, 4.69) is 6.58 Å². The van der Waals surface area contributed by atoms with Crippen molar-refractivity contribution in [3.05, 3.63) is 12.7 Å². The minimum Gasteiger partial charge on any atom is -0.343 e. The van der Waals surface area contributed by atoms with Crippen LogP contribution in [-0.2, 0) is 4.79 Å². The predicted molar refractivity (Wildman–Crippen MR) is 40.8 cm³/mol. The topological polar surface area (TPSA) is 20.3 Å². The van der Waals surface area contributed by atoms with Crippen LogP contribution in [0.25, 0.3) is 0 Å². The minimum atomic E-state index is -0.0208.